The van der Waals surface area contributed by atoms with Gasteiger partial charge in [-0.05, 0) is 17.2 Å². The van der Waals surface area contributed by atoms with Crippen LogP contribution in [0.15, 0.2) is 0 Å². The van der Waals surface area contributed by atoms with Gasteiger partial charge in [-0.25, -0.2) is 4.21 Å². The summed E-state index contributed by atoms with van der Waals surface area (Å²) in [6, 6.07) is 0. The van der Waals surface area contributed by atoms with Crippen molar-refractivity contribution in [3.05, 3.63) is 0 Å². The van der Waals surface area contributed by atoms with Crippen LogP contribution in [0.25, 0.3) is 0 Å². The molecule has 0 fully saturated rings. The van der Waals surface area contributed by atoms with Crippen molar-refractivity contribution in [1.82, 2.24) is 0 Å². The third kappa shape index (κ3) is 10.5. The van der Waals surface area contributed by atoms with Crippen LogP contribution in [0.1, 0.15) is 39.0 Å². The predicted octanol–water partition coefficient (Wildman–Crippen LogP) is 2.83. The zero-order chi connectivity index (χ0) is 8.53. The smallest absolute Gasteiger partial charge is 0.216 e. The van der Waals surface area contributed by atoms with E-state index in [1.54, 1.807) is 0 Å². The Morgan fingerprint density at radius 3 is 2.45 bits per heavy atom. The first-order valence-electron chi connectivity index (χ1n) is 4.01. The zero-order valence-corrected chi connectivity index (χ0v) is 8.55. The van der Waals surface area contributed by atoms with E-state index in [0.29, 0.717) is 0 Å². The first kappa shape index (κ1) is 11.5. The summed E-state index contributed by atoms with van der Waals surface area (Å²) in [5.74, 6) is 0.812. The van der Waals surface area contributed by atoms with Crippen LogP contribution in [-0.2, 0) is 10.1 Å². The minimum Gasteiger partial charge on any atom is -0.298 e. The molecule has 68 valence electrons. The van der Waals surface area contributed by atoms with Crippen molar-refractivity contribution in [2.24, 2.45) is 0 Å². The monoisotopic (exact) mass is 196 g/mol. The maximum absolute atomic E-state index is 10.2. The molecule has 0 aromatic rings. The van der Waals surface area contributed by atoms with Crippen molar-refractivity contribution in [3.63, 3.8) is 0 Å². The maximum Gasteiger partial charge on any atom is 0.216 e. The van der Waals surface area contributed by atoms with Crippen molar-refractivity contribution >= 4 is 20.9 Å². The Balaban J connectivity index is 2.85. The Kier molecular flexibility index (Phi) is 8.91. The molecule has 0 heterocycles. The van der Waals surface area contributed by atoms with Crippen LogP contribution in [0.3, 0.4) is 0 Å². The Labute approximate surface area is 74.8 Å². The summed E-state index contributed by atoms with van der Waals surface area (Å²) in [6.45, 7) is 2.18. The Morgan fingerprint density at radius 1 is 1.27 bits per heavy atom. The molecule has 0 radical (unpaired) electrons. The quantitative estimate of drug-likeness (QED) is 0.386. The van der Waals surface area contributed by atoms with E-state index in [-0.39, 0.29) is 0 Å². The summed E-state index contributed by atoms with van der Waals surface area (Å²) in [5, 5.41) is 0. The fourth-order valence-electron chi connectivity index (χ4n) is 0.836. The fraction of sp³-hybridized carbons (Fsp3) is 1.00. The van der Waals surface area contributed by atoms with E-state index in [4.69, 9.17) is 4.55 Å². The number of hydrogen-bond acceptors (Lipinski definition) is 2. The van der Waals surface area contributed by atoms with E-state index in [1.165, 1.54) is 25.7 Å². The lowest BCUT2D eigenvalue weighted by atomic mass is 10.2. The molecular formula is C7H16O2S2. The maximum atomic E-state index is 10.2. The molecule has 0 amide bonds. The highest BCUT2D eigenvalue weighted by Crippen LogP contribution is 2.10. The predicted molar refractivity (Wildman–Crippen MR) is 52.0 cm³/mol. The van der Waals surface area contributed by atoms with Crippen LogP contribution < -0.4 is 0 Å². The summed E-state index contributed by atoms with van der Waals surface area (Å²) >= 11 is 0. The molecule has 0 saturated heterocycles. The lowest BCUT2D eigenvalue weighted by molar-refractivity contribution is 0.581. The molecule has 11 heavy (non-hydrogen) atoms. The Morgan fingerprint density at radius 2 is 1.91 bits per heavy atom. The van der Waals surface area contributed by atoms with Gasteiger partial charge in [0, 0.05) is 5.75 Å². The van der Waals surface area contributed by atoms with E-state index in [1.807, 2.05) is 0 Å². The second-order valence-corrected chi connectivity index (χ2v) is 5.09. The van der Waals surface area contributed by atoms with Crippen molar-refractivity contribution in [2.75, 3.05) is 5.75 Å². The third-order valence-electron chi connectivity index (χ3n) is 1.43. The molecule has 0 spiro atoms. The molecule has 2 nitrogen and oxygen atoms in total. The lowest BCUT2D eigenvalue weighted by Gasteiger charge is -1.96. The van der Waals surface area contributed by atoms with Gasteiger partial charge in [0.05, 0.1) is 0 Å². The molecule has 1 N–H and O–H groups in total. The van der Waals surface area contributed by atoms with Crippen LogP contribution in [0.4, 0.5) is 0 Å². The Hall–Kier alpha value is 0.460. The van der Waals surface area contributed by atoms with Gasteiger partial charge < -0.3 is 0 Å². The van der Waals surface area contributed by atoms with Gasteiger partial charge in [0.15, 0.2) is 0 Å². The molecule has 1 atom stereocenters. The molecule has 0 aliphatic carbocycles. The van der Waals surface area contributed by atoms with Crippen molar-refractivity contribution in [3.8, 4) is 0 Å². The van der Waals surface area contributed by atoms with Crippen LogP contribution in [0.5, 0.6) is 0 Å². The van der Waals surface area contributed by atoms with Gasteiger partial charge in [0.1, 0.15) is 0 Å². The summed E-state index contributed by atoms with van der Waals surface area (Å²) in [6.07, 6.45) is 6.05. The molecule has 1 unspecified atom stereocenters. The largest absolute Gasteiger partial charge is 0.298 e. The van der Waals surface area contributed by atoms with Gasteiger partial charge >= 0.3 is 0 Å². The zero-order valence-electron chi connectivity index (χ0n) is 6.91. The van der Waals surface area contributed by atoms with Gasteiger partial charge in [-0.2, -0.15) is 0 Å². The molecule has 0 aliphatic rings. The van der Waals surface area contributed by atoms with Gasteiger partial charge in [0.2, 0.25) is 10.1 Å². The first-order chi connectivity index (χ1) is 5.27. The third-order valence-corrected chi connectivity index (χ3v) is 3.19. The van der Waals surface area contributed by atoms with Gasteiger partial charge in [0.25, 0.3) is 0 Å². The molecule has 0 rings (SSSR count). The Bertz CT molecular complexity index is 107. The number of unbranched alkanes of at least 4 members (excludes halogenated alkanes) is 4. The van der Waals surface area contributed by atoms with Crippen LogP contribution >= 0.6 is 10.8 Å². The summed E-state index contributed by atoms with van der Waals surface area (Å²) in [4.78, 5) is 0. The van der Waals surface area contributed by atoms with Crippen molar-refractivity contribution in [1.29, 1.82) is 0 Å². The van der Waals surface area contributed by atoms with Gasteiger partial charge in [-0.15, -0.1) is 0 Å². The first-order valence-corrected chi connectivity index (χ1v) is 6.62. The van der Waals surface area contributed by atoms with E-state index in [9.17, 15) is 4.21 Å². The lowest BCUT2D eigenvalue weighted by Crippen LogP contribution is -1.84. The molecular weight excluding hydrogens is 180 g/mol. The SMILES string of the molecule is CCCCCCCSS(=O)O. The summed E-state index contributed by atoms with van der Waals surface area (Å²) in [7, 11) is -0.539. The second kappa shape index (κ2) is 8.56. The summed E-state index contributed by atoms with van der Waals surface area (Å²) in [5.41, 5.74) is 0. The minimum atomic E-state index is -1.66. The highest BCUT2D eigenvalue weighted by molar-refractivity contribution is 8.67. The highest BCUT2D eigenvalue weighted by atomic mass is 33.1. The van der Waals surface area contributed by atoms with Gasteiger partial charge in [-0.1, -0.05) is 32.6 Å². The minimum absolute atomic E-state index is 0.812. The average Bonchev–Trinajstić information content (AvgIpc) is 1.96. The van der Waals surface area contributed by atoms with Crippen LogP contribution in [0.2, 0.25) is 0 Å². The highest BCUT2D eigenvalue weighted by Gasteiger charge is 1.93. The summed E-state index contributed by atoms with van der Waals surface area (Å²) < 4.78 is 18.6. The fourth-order valence-corrected chi connectivity index (χ4v) is 2.08. The normalized spacial score (nSPS) is 13.3. The molecule has 0 aliphatic heterocycles. The molecule has 0 bridgehead atoms. The molecule has 0 saturated carbocycles. The second-order valence-electron chi connectivity index (χ2n) is 2.45. The van der Waals surface area contributed by atoms with E-state index < -0.39 is 10.1 Å². The van der Waals surface area contributed by atoms with Crippen molar-refractivity contribution < 1.29 is 8.76 Å². The number of rotatable bonds is 7. The average molecular weight is 196 g/mol. The van der Waals surface area contributed by atoms with E-state index in [0.717, 1.165) is 23.0 Å². The van der Waals surface area contributed by atoms with Crippen LogP contribution in [-0.4, -0.2) is 14.5 Å². The van der Waals surface area contributed by atoms with Crippen molar-refractivity contribution in [2.45, 2.75) is 39.0 Å². The topological polar surface area (TPSA) is 37.3 Å². The standard InChI is InChI=1S/C7H16O2S2/c1-2-3-4-5-6-7-10-11(8)9/h2-7H2,1H3,(H,8,9). The molecule has 4 heteroatoms. The van der Waals surface area contributed by atoms with Crippen LogP contribution in [0, 0.1) is 0 Å². The molecule has 0 aromatic heterocycles. The van der Waals surface area contributed by atoms with E-state index >= 15 is 0 Å². The van der Waals surface area contributed by atoms with E-state index in [2.05, 4.69) is 6.92 Å². The van der Waals surface area contributed by atoms with Gasteiger partial charge in [-0.3, -0.25) is 4.55 Å². The molecule has 0 aromatic carbocycles. The number of hydrogen-bond donors (Lipinski definition) is 1.